The minimum Gasteiger partial charge on any atom is -0.328 e. The summed E-state index contributed by atoms with van der Waals surface area (Å²) in [6.45, 7) is 6.78. The Labute approximate surface area is 148 Å². The van der Waals surface area contributed by atoms with Crippen molar-refractivity contribution in [3.8, 4) is 0 Å². The number of halogens is 1. The van der Waals surface area contributed by atoms with Crippen molar-refractivity contribution in [2.24, 2.45) is 0 Å². The predicted molar refractivity (Wildman–Crippen MR) is 97.6 cm³/mol. The van der Waals surface area contributed by atoms with Crippen LogP contribution in [0, 0.1) is 0 Å². The molecule has 0 atom stereocenters. The van der Waals surface area contributed by atoms with Gasteiger partial charge in [0, 0.05) is 16.1 Å². The number of hydrogen-bond donors (Lipinski definition) is 1. The van der Waals surface area contributed by atoms with Crippen molar-refractivity contribution in [3.63, 3.8) is 0 Å². The van der Waals surface area contributed by atoms with Crippen LogP contribution in [0.15, 0.2) is 48.5 Å². The molecule has 1 N–H and O–H groups in total. The van der Waals surface area contributed by atoms with E-state index in [0.29, 0.717) is 10.6 Å². The number of piperazine rings is 1. The largest absolute Gasteiger partial charge is 0.328 e. The van der Waals surface area contributed by atoms with Crippen molar-refractivity contribution >= 4 is 17.5 Å². The number of aryl methyl sites for hydroxylation is 1. The second-order valence-electron chi connectivity index (χ2n) is 6.40. The molecule has 1 saturated heterocycles. The van der Waals surface area contributed by atoms with Gasteiger partial charge in [0.05, 0.1) is 26.2 Å². The van der Waals surface area contributed by atoms with Crippen molar-refractivity contribution in [2.45, 2.75) is 19.9 Å². The summed E-state index contributed by atoms with van der Waals surface area (Å²) in [4.78, 5) is 16.0. The summed E-state index contributed by atoms with van der Waals surface area (Å²) >= 11 is 5.99. The maximum Gasteiger partial charge on any atom is 0.254 e. The number of benzene rings is 2. The highest BCUT2D eigenvalue weighted by Gasteiger charge is 2.24. The standard InChI is InChI=1S/C20H23ClN2O/c1-2-16-6-8-17(9-7-16)15-22-10-12-23(13-11-22)20(24)18-4-3-5-19(21)14-18/h3-9,14H,2,10-13,15H2,1H3/p+1. The van der Waals surface area contributed by atoms with Gasteiger partial charge in [-0.3, -0.25) is 4.79 Å². The maximum atomic E-state index is 12.5. The molecule has 2 aromatic rings. The fourth-order valence-electron chi connectivity index (χ4n) is 3.19. The number of carbonyl (C=O) groups is 1. The predicted octanol–water partition coefficient (Wildman–Crippen LogP) is 2.44. The molecule has 4 heteroatoms. The zero-order valence-electron chi connectivity index (χ0n) is 14.1. The number of nitrogens with zero attached hydrogens (tertiary/aromatic N) is 1. The third kappa shape index (κ3) is 4.16. The van der Waals surface area contributed by atoms with Gasteiger partial charge in [0.15, 0.2) is 0 Å². The van der Waals surface area contributed by atoms with E-state index in [-0.39, 0.29) is 5.91 Å². The molecule has 1 amide bonds. The van der Waals surface area contributed by atoms with E-state index in [0.717, 1.165) is 39.1 Å². The molecule has 3 rings (SSSR count). The topological polar surface area (TPSA) is 24.8 Å². The Hall–Kier alpha value is -1.84. The first-order valence-corrected chi connectivity index (χ1v) is 8.99. The Morgan fingerprint density at radius 1 is 1.08 bits per heavy atom. The molecule has 0 spiro atoms. The third-order valence-corrected chi connectivity index (χ3v) is 4.95. The van der Waals surface area contributed by atoms with E-state index < -0.39 is 0 Å². The number of rotatable bonds is 4. The van der Waals surface area contributed by atoms with Gasteiger partial charge in [0.2, 0.25) is 0 Å². The van der Waals surface area contributed by atoms with E-state index in [1.807, 2.05) is 17.0 Å². The fourth-order valence-corrected chi connectivity index (χ4v) is 3.38. The summed E-state index contributed by atoms with van der Waals surface area (Å²) in [7, 11) is 0. The van der Waals surface area contributed by atoms with Gasteiger partial charge < -0.3 is 9.80 Å². The van der Waals surface area contributed by atoms with E-state index in [1.165, 1.54) is 16.0 Å². The molecule has 1 aliphatic heterocycles. The van der Waals surface area contributed by atoms with E-state index in [1.54, 1.807) is 12.1 Å². The Morgan fingerprint density at radius 2 is 1.75 bits per heavy atom. The second-order valence-corrected chi connectivity index (χ2v) is 6.84. The summed E-state index contributed by atoms with van der Waals surface area (Å²) in [6.07, 6.45) is 1.08. The smallest absolute Gasteiger partial charge is 0.254 e. The first-order valence-electron chi connectivity index (χ1n) is 8.62. The van der Waals surface area contributed by atoms with Crippen molar-refractivity contribution < 1.29 is 9.69 Å². The maximum absolute atomic E-state index is 12.5. The molecular weight excluding hydrogens is 320 g/mol. The van der Waals surface area contributed by atoms with Crippen LogP contribution in [-0.4, -0.2) is 37.0 Å². The zero-order valence-corrected chi connectivity index (χ0v) is 14.9. The van der Waals surface area contributed by atoms with E-state index >= 15 is 0 Å². The molecule has 2 aromatic carbocycles. The van der Waals surface area contributed by atoms with Crippen molar-refractivity contribution in [2.75, 3.05) is 26.2 Å². The van der Waals surface area contributed by atoms with Crippen LogP contribution in [0.2, 0.25) is 5.02 Å². The molecule has 1 heterocycles. The van der Waals surface area contributed by atoms with Gasteiger partial charge in [-0.1, -0.05) is 48.9 Å². The molecule has 24 heavy (non-hydrogen) atoms. The minimum atomic E-state index is 0.0869. The summed E-state index contributed by atoms with van der Waals surface area (Å²) in [5.41, 5.74) is 3.43. The molecule has 1 aliphatic rings. The molecule has 0 aromatic heterocycles. The lowest BCUT2D eigenvalue weighted by atomic mass is 10.1. The van der Waals surface area contributed by atoms with Gasteiger partial charge in [0.25, 0.3) is 5.91 Å². The molecule has 1 fully saturated rings. The molecule has 0 bridgehead atoms. The molecule has 0 aliphatic carbocycles. The monoisotopic (exact) mass is 343 g/mol. The summed E-state index contributed by atoms with van der Waals surface area (Å²) in [5, 5.41) is 0.612. The Bertz CT molecular complexity index is 691. The molecule has 0 saturated carbocycles. The van der Waals surface area contributed by atoms with Crippen LogP contribution in [-0.2, 0) is 13.0 Å². The highest BCUT2D eigenvalue weighted by molar-refractivity contribution is 6.30. The summed E-state index contributed by atoms with van der Waals surface area (Å²) in [6, 6.07) is 16.1. The van der Waals surface area contributed by atoms with Crippen molar-refractivity contribution in [1.29, 1.82) is 0 Å². The van der Waals surface area contributed by atoms with Crippen LogP contribution in [0.3, 0.4) is 0 Å². The number of hydrogen-bond acceptors (Lipinski definition) is 1. The lowest BCUT2D eigenvalue weighted by molar-refractivity contribution is -0.917. The van der Waals surface area contributed by atoms with Crippen LogP contribution in [0.5, 0.6) is 0 Å². The van der Waals surface area contributed by atoms with Gasteiger partial charge in [-0.25, -0.2) is 0 Å². The van der Waals surface area contributed by atoms with Gasteiger partial charge in [-0.05, 0) is 30.2 Å². The average molecular weight is 344 g/mol. The molecule has 0 unspecified atom stereocenters. The number of amides is 1. The average Bonchev–Trinajstić information content (AvgIpc) is 2.62. The van der Waals surface area contributed by atoms with Crippen LogP contribution in [0.1, 0.15) is 28.4 Å². The Balaban J connectivity index is 1.54. The Morgan fingerprint density at radius 3 is 2.38 bits per heavy atom. The van der Waals surface area contributed by atoms with Gasteiger partial charge in [-0.15, -0.1) is 0 Å². The minimum absolute atomic E-state index is 0.0869. The SMILES string of the molecule is CCc1ccc(C[NH+]2CCN(C(=O)c3cccc(Cl)c3)CC2)cc1. The molecule has 126 valence electrons. The van der Waals surface area contributed by atoms with Crippen LogP contribution in [0.25, 0.3) is 0 Å². The van der Waals surface area contributed by atoms with Crippen molar-refractivity contribution in [1.82, 2.24) is 4.90 Å². The van der Waals surface area contributed by atoms with Crippen molar-refractivity contribution in [3.05, 3.63) is 70.2 Å². The zero-order chi connectivity index (χ0) is 16.9. The highest BCUT2D eigenvalue weighted by atomic mass is 35.5. The van der Waals surface area contributed by atoms with Gasteiger partial charge in [-0.2, -0.15) is 0 Å². The third-order valence-electron chi connectivity index (χ3n) is 4.71. The van der Waals surface area contributed by atoms with Crippen LogP contribution in [0.4, 0.5) is 0 Å². The molecule has 0 radical (unpaired) electrons. The van der Waals surface area contributed by atoms with E-state index in [4.69, 9.17) is 11.6 Å². The second kappa shape index (κ2) is 7.82. The number of quaternary nitrogens is 1. The Kier molecular flexibility index (Phi) is 5.54. The lowest BCUT2D eigenvalue weighted by Gasteiger charge is -2.32. The summed E-state index contributed by atoms with van der Waals surface area (Å²) in [5.74, 6) is 0.0869. The normalized spacial score (nSPS) is 15.5. The first-order chi connectivity index (χ1) is 11.7. The highest BCUT2D eigenvalue weighted by Crippen LogP contribution is 2.13. The number of carbonyl (C=O) groups excluding carboxylic acids is 1. The summed E-state index contributed by atoms with van der Waals surface area (Å²) < 4.78 is 0. The van der Waals surface area contributed by atoms with Gasteiger partial charge in [0.1, 0.15) is 6.54 Å². The van der Waals surface area contributed by atoms with Gasteiger partial charge >= 0.3 is 0 Å². The first kappa shape index (κ1) is 17.0. The molecular formula is C20H24ClN2O+. The molecule has 3 nitrogen and oxygen atoms in total. The fraction of sp³-hybridized carbons (Fsp3) is 0.350. The van der Waals surface area contributed by atoms with E-state index in [9.17, 15) is 4.79 Å². The quantitative estimate of drug-likeness (QED) is 0.906. The van der Waals surface area contributed by atoms with Crippen LogP contribution < -0.4 is 4.90 Å². The van der Waals surface area contributed by atoms with E-state index in [2.05, 4.69) is 31.2 Å². The van der Waals surface area contributed by atoms with Crippen LogP contribution >= 0.6 is 11.6 Å². The number of nitrogens with one attached hydrogen (secondary N) is 1. The lowest BCUT2D eigenvalue weighted by Crippen LogP contribution is -3.13.